The number of hydrogen-bond acceptors (Lipinski definition) is 5. The van der Waals surface area contributed by atoms with Crippen LogP contribution in [0.4, 0.5) is 5.69 Å². The smallest absolute Gasteiger partial charge is 0.256 e. The zero-order chi connectivity index (χ0) is 30.0. The highest BCUT2D eigenvalue weighted by atomic mass is 35.5. The van der Waals surface area contributed by atoms with E-state index in [1.54, 1.807) is 31.4 Å². The Labute approximate surface area is 247 Å². The third-order valence-corrected chi connectivity index (χ3v) is 5.63. The normalized spacial score (nSPS) is 11.2. The van der Waals surface area contributed by atoms with Crippen LogP contribution in [0.25, 0.3) is 0 Å². The molecular weight excluding hydrogens is 540 g/mol. The van der Waals surface area contributed by atoms with Crippen LogP contribution in [-0.4, -0.2) is 48.8 Å². The second-order valence-corrected chi connectivity index (χ2v) is 8.69. The second-order valence-electron chi connectivity index (χ2n) is 8.25. The molecule has 0 saturated heterocycles. The maximum Gasteiger partial charge on any atom is 0.256 e. The molecule has 3 rings (SSSR count). The number of aliphatic hydroxyl groups is 1. The van der Waals surface area contributed by atoms with Gasteiger partial charge in [-0.1, -0.05) is 55.6 Å². The first-order valence-electron chi connectivity index (χ1n) is 12.9. The van der Waals surface area contributed by atoms with Crippen molar-refractivity contribution in [3.63, 3.8) is 0 Å². The lowest BCUT2D eigenvalue weighted by Crippen LogP contribution is -2.27. The van der Waals surface area contributed by atoms with Gasteiger partial charge >= 0.3 is 0 Å². The van der Waals surface area contributed by atoms with Crippen LogP contribution in [0.1, 0.15) is 25.0 Å². The minimum absolute atomic E-state index is 0.0221. The molecule has 3 aromatic carbocycles. The van der Waals surface area contributed by atoms with Gasteiger partial charge in [0.15, 0.2) is 0 Å². The van der Waals surface area contributed by atoms with E-state index >= 15 is 0 Å². The minimum atomic E-state index is -0.558. The summed E-state index contributed by atoms with van der Waals surface area (Å²) >= 11 is 6.01. The first-order chi connectivity index (χ1) is 19.9. The number of amides is 1. The van der Waals surface area contributed by atoms with E-state index in [2.05, 4.69) is 21.2 Å². The molecule has 0 aliphatic heterocycles. The predicted octanol–water partition coefficient (Wildman–Crippen LogP) is 6.34. The molecule has 0 spiro atoms. The van der Waals surface area contributed by atoms with E-state index in [1.165, 1.54) is 6.21 Å². The molecule has 214 valence electrons. The van der Waals surface area contributed by atoms with E-state index in [0.29, 0.717) is 41.8 Å². The van der Waals surface area contributed by atoms with E-state index in [0.717, 1.165) is 16.9 Å². The van der Waals surface area contributed by atoms with Crippen LogP contribution in [0.3, 0.4) is 0 Å². The Morgan fingerprint density at radius 2 is 1.63 bits per heavy atom. The molecule has 3 aromatic rings. The molecular formula is C32H35ClN4O4. The van der Waals surface area contributed by atoms with Gasteiger partial charge in [0.2, 0.25) is 5.96 Å². The third-order valence-electron chi connectivity index (χ3n) is 5.38. The molecule has 0 atom stereocenters. The van der Waals surface area contributed by atoms with Crippen molar-refractivity contribution in [3.05, 3.63) is 101 Å². The molecule has 0 unspecified atom stereocenters. The predicted molar refractivity (Wildman–Crippen MR) is 166 cm³/mol. The summed E-state index contributed by atoms with van der Waals surface area (Å²) in [6.45, 7) is 4.90. The summed E-state index contributed by atoms with van der Waals surface area (Å²) in [5, 5.41) is 12.7. The van der Waals surface area contributed by atoms with E-state index in [9.17, 15) is 9.90 Å². The van der Waals surface area contributed by atoms with Crippen LogP contribution in [0.2, 0.25) is 5.02 Å². The number of aliphatic imine (C=N–C) groups is 2. The van der Waals surface area contributed by atoms with Crippen LogP contribution in [0.5, 0.6) is 11.5 Å². The number of halogens is 1. The molecule has 0 aliphatic carbocycles. The molecule has 0 fully saturated rings. The molecule has 9 heteroatoms. The summed E-state index contributed by atoms with van der Waals surface area (Å²) < 4.78 is 11.1. The SMILES string of the molecule is C#CCNC(=O)C(/C=N\C(=Nc1ccc(OCc2ccc(OC)cc2)cc1)N(C)Cc1ccc(Cl)cc1)=C\O.CC. The number of ether oxygens (including phenoxy) is 2. The summed E-state index contributed by atoms with van der Waals surface area (Å²) in [7, 11) is 3.44. The lowest BCUT2D eigenvalue weighted by molar-refractivity contribution is -0.116. The van der Waals surface area contributed by atoms with Crippen molar-refractivity contribution in [3.8, 4) is 23.8 Å². The summed E-state index contributed by atoms with van der Waals surface area (Å²) in [5.74, 6) is 3.53. The lowest BCUT2D eigenvalue weighted by Gasteiger charge is -2.18. The van der Waals surface area contributed by atoms with Crippen molar-refractivity contribution in [2.24, 2.45) is 9.98 Å². The fraction of sp³-hybridized carbons (Fsp3) is 0.219. The molecule has 0 heterocycles. The fourth-order valence-electron chi connectivity index (χ4n) is 3.28. The largest absolute Gasteiger partial charge is 0.515 e. The first kappa shape index (κ1) is 32.5. The number of nitrogens with one attached hydrogen (secondary N) is 1. The number of aliphatic hydroxyl groups excluding tert-OH is 1. The highest BCUT2D eigenvalue weighted by Crippen LogP contribution is 2.21. The minimum Gasteiger partial charge on any atom is -0.515 e. The van der Waals surface area contributed by atoms with Gasteiger partial charge < -0.3 is 24.8 Å². The van der Waals surface area contributed by atoms with Crippen molar-refractivity contribution in [2.75, 3.05) is 20.7 Å². The van der Waals surface area contributed by atoms with Gasteiger partial charge in [-0.25, -0.2) is 9.98 Å². The molecule has 2 N–H and O–H groups in total. The highest BCUT2D eigenvalue weighted by molar-refractivity contribution is 6.30. The number of carbonyl (C=O) groups is 1. The second kappa shape index (κ2) is 17.8. The van der Waals surface area contributed by atoms with Crippen molar-refractivity contribution >= 4 is 35.4 Å². The van der Waals surface area contributed by atoms with Crippen molar-refractivity contribution in [1.82, 2.24) is 10.2 Å². The average Bonchev–Trinajstić information content (AvgIpc) is 3.01. The zero-order valence-electron chi connectivity index (χ0n) is 23.7. The quantitative estimate of drug-likeness (QED) is 0.0969. The Bertz CT molecular complexity index is 1360. The number of hydrogen-bond donors (Lipinski definition) is 2. The maximum absolute atomic E-state index is 12.2. The van der Waals surface area contributed by atoms with Gasteiger partial charge in [0.1, 0.15) is 18.1 Å². The van der Waals surface area contributed by atoms with E-state index in [-0.39, 0.29) is 12.1 Å². The number of nitrogens with zero attached hydrogens (tertiary/aromatic N) is 3. The van der Waals surface area contributed by atoms with E-state index < -0.39 is 5.91 Å². The fourth-order valence-corrected chi connectivity index (χ4v) is 3.41. The Morgan fingerprint density at radius 1 is 1.02 bits per heavy atom. The van der Waals surface area contributed by atoms with Gasteiger partial charge in [0.25, 0.3) is 5.91 Å². The molecule has 8 nitrogen and oxygen atoms in total. The van der Waals surface area contributed by atoms with Gasteiger partial charge in [0, 0.05) is 24.8 Å². The summed E-state index contributed by atoms with van der Waals surface area (Å²) in [6, 6.07) is 22.3. The Kier molecular flexibility index (Phi) is 14.1. The summed E-state index contributed by atoms with van der Waals surface area (Å²) in [5.41, 5.74) is 2.54. The van der Waals surface area contributed by atoms with Crippen LogP contribution in [0.15, 0.2) is 94.6 Å². The molecule has 0 aromatic heterocycles. The van der Waals surface area contributed by atoms with Crippen molar-refractivity contribution < 1.29 is 19.4 Å². The summed E-state index contributed by atoms with van der Waals surface area (Å²) in [4.78, 5) is 23.1. The number of terminal acetylenes is 1. The number of rotatable bonds is 10. The highest BCUT2D eigenvalue weighted by Gasteiger charge is 2.11. The monoisotopic (exact) mass is 574 g/mol. The maximum atomic E-state index is 12.2. The summed E-state index contributed by atoms with van der Waals surface area (Å²) in [6.07, 6.45) is 7.09. The van der Waals surface area contributed by atoms with Crippen molar-refractivity contribution in [1.29, 1.82) is 0 Å². The molecule has 0 aliphatic rings. The van der Waals surface area contributed by atoms with Gasteiger partial charge in [-0.05, 0) is 59.7 Å². The zero-order valence-corrected chi connectivity index (χ0v) is 24.4. The van der Waals surface area contributed by atoms with Crippen LogP contribution >= 0.6 is 11.6 Å². The van der Waals surface area contributed by atoms with Gasteiger partial charge in [-0.15, -0.1) is 6.42 Å². The topological polar surface area (TPSA) is 95.8 Å². The van der Waals surface area contributed by atoms with Gasteiger partial charge in [0.05, 0.1) is 31.2 Å². The molecule has 1 amide bonds. The average molecular weight is 575 g/mol. The molecule has 0 saturated carbocycles. The number of benzene rings is 3. The Balaban J connectivity index is 0.00000287. The molecule has 0 radical (unpaired) electrons. The van der Waals surface area contributed by atoms with Crippen LogP contribution in [-0.2, 0) is 17.9 Å². The number of carbonyl (C=O) groups excluding carboxylic acids is 1. The van der Waals surface area contributed by atoms with Gasteiger partial charge in [-0.2, -0.15) is 0 Å². The standard InChI is InChI=1S/C30H29ClN4O4.C2H6/c1-4-17-32-29(37)24(20-36)18-33-30(35(2)19-22-5-9-25(31)10-6-22)34-26-11-15-28(16-12-26)39-21-23-7-13-27(38-3)14-8-23;1-2/h1,5-16,18,20,36H,17,19,21H2,2-3H3,(H,32,37);1-2H3/b24-20-,33-18-,34-30?;. The van der Waals surface area contributed by atoms with Crippen molar-refractivity contribution in [2.45, 2.75) is 27.0 Å². The Morgan fingerprint density at radius 3 is 2.22 bits per heavy atom. The van der Waals surface area contributed by atoms with Crippen LogP contribution in [0, 0.1) is 12.3 Å². The third kappa shape index (κ3) is 11.1. The number of methoxy groups -OCH3 is 1. The van der Waals surface area contributed by atoms with Crippen LogP contribution < -0.4 is 14.8 Å². The molecule has 0 bridgehead atoms. The number of guanidine groups is 1. The first-order valence-corrected chi connectivity index (χ1v) is 13.3. The van der Waals surface area contributed by atoms with E-state index in [4.69, 9.17) is 27.5 Å². The lowest BCUT2D eigenvalue weighted by atomic mass is 10.2. The van der Waals surface area contributed by atoms with E-state index in [1.807, 2.05) is 74.3 Å². The van der Waals surface area contributed by atoms with Gasteiger partial charge in [-0.3, -0.25) is 4.79 Å². The molecule has 41 heavy (non-hydrogen) atoms. The Hall–Kier alpha value is -4.74.